The molecule has 0 fully saturated rings. The molecule has 0 saturated carbocycles. The van der Waals surface area contributed by atoms with E-state index in [0.717, 1.165) is 12.8 Å². The van der Waals surface area contributed by atoms with Crippen molar-refractivity contribution >= 4 is 27.1 Å². The van der Waals surface area contributed by atoms with E-state index < -0.39 is 10.7 Å². The highest BCUT2D eigenvalue weighted by atomic mass is 32.1. The van der Waals surface area contributed by atoms with Crippen molar-refractivity contribution in [1.29, 1.82) is 5.26 Å². The Morgan fingerprint density at radius 2 is 1.81 bits per heavy atom. The predicted molar refractivity (Wildman–Crippen MR) is 90.3 cm³/mol. The van der Waals surface area contributed by atoms with Gasteiger partial charge in [-0.2, -0.15) is 17.9 Å². The van der Waals surface area contributed by atoms with Crippen molar-refractivity contribution in [1.82, 2.24) is 0 Å². The van der Waals surface area contributed by atoms with Gasteiger partial charge < -0.3 is 14.9 Å². The Bertz CT molecular complexity index is 346. The van der Waals surface area contributed by atoms with Crippen molar-refractivity contribution in [3.63, 3.8) is 0 Å². The van der Waals surface area contributed by atoms with E-state index in [0.29, 0.717) is 13.0 Å². The van der Waals surface area contributed by atoms with Crippen LogP contribution in [0.1, 0.15) is 65.2 Å². The first kappa shape index (κ1) is 20.6. The maximum atomic E-state index is 9.77. The Kier molecular flexibility index (Phi) is 12.0. The molecule has 2 atom stereocenters. The Labute approximate surface area is 136 Å². The lowest BCUT2D eigenvalue weighted by atomic mass is 10.1. The van der Waals surface area contributed by atoms with Gasteiger partial charge >= 0.3 is 0 Å². The molecular weight excluding hydrogens is 302 g/mol. The zero-order valence-corrected chi connectivity index (χ0v) is 15.0. The zero-order chi connectivity index (χ0) is 16.1. The Balaban J connectivity index is 4.17. The Morgan fingerprint density at radius 1 is 1.24 bits per heavy atom. The second kappa shape index (κ2) is 12.2. The number of rotatable bonds is 12. The van der Waals surface area contributed by atoms with Gasteiger partial charge in [0.25, 0.3) is 0 Å². The first-order valence-electron chi connectivity index (χ1n) is 7.76. The van der Waals surface area contributed by atoms with Gasteiger partial charge in [0.2, 0.25) is 6.29 Å². The summed E-state index contributed by atoms with van der Waals surface area (Å²) >= 11 is 4.38. The molecule has 2 N–H and O–H groups in total. The number of unbranched alkanes of at least 4 members (excludes halogenated alkanes) is 6. The lowest BCUT2D eigenvalue weighted by molar-refractivity contribution is -0.0520. The minimum atomic E-state index is -1.32. The first-order chi connectivity index (χ1) is 9.99. The number of nitriles is 1. The van der Waals surface area contributed by atoms with E-state index in [1.807, 2.05) is 0 Å². The Hall–Kier alpha value is -0.353. The lowest BCUT2D eigenvalue weighted by Crippen LogP contribution is -2.34. The third-order valence-electron chi connectivity index (χ3n) is 3.22. The van der Waals surface area contributed by atoms with Crippen LogP contribution in [0.2, 0.25) is 0 Å². The van der Waals surface area contributed by atoms with Gasteiger partial charge in [0.15, 0.2) is 0 Å². The number of nitrogens with zero attached hydrogens (tertiary/aromatic N) is 1. The molecule has 121 valence electrons. The van der Waals surface area contributed by atoms with Crippen molar-refractivity contribution in [2.24, 2.45) is 0 Å². The van der Waals surface area contributed by atoms with Gasteiger partial charge in [-0.15, -0.1) is 0 Å². The van der Waals surface area contributed by atoms with Crippen LogP contribution in [-0.2, 0) is 4.74 Å². The lowest BCUT2D eigenvalue weighted by Gasteiger charge is -2.18. The molecule has 0 heterocycles. The van der Waals surface area contributed by atoms with Crippen LogP contribution in [0, 0.1) is 11.3 Å². The van der Waals surface area contributed by atoms with Gasteiger partial charge in [0.05, 0.1) is 6.07 Å². The summed E-state index contributed by atoms with van der Waals surface area (Å²) in [5.41, 5.74) is 0. The largest absolute Gasteiger partial charge is 0.513 e. The molecule has 0 rings (SSSR count). The molecule has 0 aliphatic rings. The van der Waals surface area contributed by atoms with Gasteiger partial charge in [0, 0.05) is 6.61 Å². The minimum Gasteiger partial charge on any atom is -0.513 e. The molecule has 0 aliphatic heterocycles. The van der Waals surface area contributed by atoms with Gasteiger partial charge in [-0.05, 0) is 13.3 Å². The number of hydrogen-bond donors (Lipinski definition) is 3. The SMILES string of the molecule is CCCCCCCCCC(S)(C#N)[Si]=C(O)C(O)OCC. The summed E-state index contributed by atoms with van der Waals surface area (Å²) in [4.78, 5) is 0. The smallest absolute Gasteiger partial charge is 0.208 e. The number of aliphatic hydroxyl groups excluding tert-OH is 2. The summed E-state index contributed by atoms with van der Waals surface area (Å²) < 4.78 is 4.00. The van der Waals surface area contributed by atoms with Gasteiger partial charge in [-0.25, -0.2) is 0 Å². The van der Waals surface area contributed by atoms with E-state index in [1.165, 1.54) is 32.1 Å². The summed E-state index contributed by atoms with van der Waals surface area (Å²) in [6.07, 6.45) is 7.50. The third-order valence-corrected chi connectivity index (χ3v) is 5.16. The zero-order valence-electron chi connectivity index (χ0n) is 13.1. The van der Waals surface area contributed by atoms with Crippen molar-refractivity contribution in [2.75, 3.05) is 6.61 Å². The van der Waals surface area contributed by atoms with Crippen molar-refractivity contribution in [3.8, 4) is 6.07 Å². The molecule has 1 radical (unpaired) electrons. The third kappa shape index (κ3) is 10.1. The van der Waals surface area contributed by atoms with Crippen LogP contribution < -0.4 is 0 Å². The fourth-order valence-electron chi connectivity index (χ4n) is 1.99. The molecule has 21 heavy (non-hydrogen) atoms. The average molecular weight is 331 g/mol. The van der Waals surface area contributed by atoms with Gasteiger partial charge in [0.1, 0.15) is 18.9 Å². The molecule has 0 saturated heterocycles. The second-order valence-electron chi connectivity index (χ2n) is 5.16. The summed E-state index contributed by atoms with van der Waals surface area (Å²) in [5, 5.41) is 28.3. The second-order valence-corrected chi connectivity index (χ2v) is 7.96. The highest BCUT2D eigenvalue weighted by Crippen LogP contribution is 2.20. The highest BCUT2D eigenvalue weighted by molar-refractivity contribution is 7.83. The molecule has 0 spiro atoms. The van der Waals surface area contributed by atoms with Crippen LogP contribution in [0.25, 0.3) is 0 Å². The predicted octanol–water partition coefficient (Wildman–Crippen LogP) is 2.84. The number of aliphatic hydroxyl groups is 2. The first-order valence-corrected chi connectivity index (χ1v) is 9.21. The fraction of sp³-hybridized carbons (Fsp3) is 0.867. The minimum absolute atomic E-state index is 0.198. The summed E-state index contributed by atoms with van der Waals surface area (Å²) in [6, 6.07) is 2.15. The number of thiol groups is 1. The van der Waals surface area contributed by atoms with E-state index >= 15 is 0 Å². The maximum absolute atomic E-state index is 9.77. The molecule has 0 aliphatic carbocycles. The molecular formula is C15H28NO3SSi. The van der Waals surface area contributed by atoms with E-state index in [2.05, 4.69) is 25.6 Å². The quantitative estimate of drug-likeness (QED) is 0.223. The van der Waals surface area contributed by atoms with E-state index in [9.17, 15) is 15.5 Å². The van der Waals surface area contributed by atoms with Gasteiger partial charge in [-0.1, -0.05) is 51.9 Å². The van der Waals surface area contributed by atoms with Crippen LogP contribution in [0.5, 0.6) is 0 Å². The van der Waals surface area contributed by atoms with Crippen LogP contribution in [0.3, 0.4) is 0 Å². The molecule has 4 nitrogen and oxygen atoms in total. The molecule has 6 heteroatoms. The summed E-state index contributed by atoms with van der Waals surface area (Å²) in [5.74, 6) is 0. The summed E-state index contributed by atoms with van der Waals surface area (Å²) in [7, 11) is -0.247. The molecule has 0 aromatic rings. The number of hydrogen-bond acceptors (Lipinski definition) is 5. The molecule has 2 unspecified atom stereocenters. The van der Waals surface area contributed by atoms with Crippen LogP contribution in [0.4, 0.5) is 0 Å². The molecule has 0 aromatic carbocycles. The van der Waals surface area contributed by atoms with E-state index in [4.69, 9.17) is 4.74 Å². The monoisotopic (exact) mass is 330 g/mol. The summed E-state index contributed by atoms with van der Waals surface area (Å²) in [6.45, 7) is 4.23. The van der Waals surface area contributed by atoms with Crippen molar-refractivity contribution in [3.05, 3.63) is 0 Å². The molecule has 0 aromatic heterocycles. The highest BCUT2D eigenvalue weighted by Gasteiger charge is 2.25. The normalized spacial score (nSPS) is 16.2. The topological polar surface area (TPSA) is 73.5 Å². The van der Waals surface area contributed by atoms with E-state index in [-0.39, 0.29) is 14.5 Å². The van der Waals surface area contributed by atoms with Gasteiger partial charge in [-0.3, -0.25) is 0 Å². The van der Waals surface area contributed by atoms with E-state index in [1.54, 1.807) is 6.92 Å². The van der Waals surface area contributed by atoms with Crippen molar-refractivity contribution < 1.29 is 14.9 Å². The molecule has 0 amide bonds. The van der Waals surface area contributed by atoms with Crippen molar-refractivity contribution in [2.45, 2.75) is 75.9 Å². The number of ether oxygens (including phenoxy) is 1. The van der Waals surface area contributed by atoms with Crippen LogP contribution in [0.15, 0.2) is 0 Å². The maximum Gasteiger partial charge on any atom is 0.208 e. The average Bonchev–Trinajstić information content (AvgIpc) is 2.46. The fourth-order valence-corrected chi connectivity index (χ4v) is 3.48. The standard InChI is InChI=1S/C15H28NO3SSi/c1-3-5-6-7-8-9-10-11-15(20,12-16)21-14(18)13(17)19-4-2/h13,17-18,20H,3-11H2,1-2H3. The Morgan fingerprint density at radius 3 is 2.33 bits per heavy atom. The molecule has 0 bridgehead atoms. The van der Waals surface area contributed by atoms with Crippen LogP contribution >= 0.6 is 12.6 Å². The van der Waals surface area contributed by atoms with Crippen LogP contribution in [-0.4, -0.2) is 42.0 Å².